The fourth-order valence-corrected chi connectivity index (χ4v) is 4.61. The summed E-state index contributed by atoms with van der Waals surface area (Å²) < 4.78 is 71.0. The number of aliphatic hydroxyl groups excluding tert-OH is 1. The van der Waals surface area contributed by atoms with E-state index >= 15 is 0 Å². The molecule has 12 nitrogen and oxygen atoms in total. The predicted molar refractivity (Wildman–Crippen MR) is 132 cm³/mol. The molecule has 3 amide bonds. The molecule has 0 saturated carbocycles. The number of halogens is 6. The van der Waals surface area contributed by atoms with Crippen molar-refractivity contribution in [3.63, 3.8) is 0 Å². The van der Waals surface area contributed by atoms with E-state index in [2.05, 4.69) is 5.32 Å². The number of guanidine groups is 1. The molecule has 0 radical (unpaired) electrons. The van der Waals surface area contributed by atoms with E-state index in [-0.39, 0.29) is 31.8 Å². The Bertz CT molecular complexity index is 1150. The summed E-state index contributed by atoms with van der Waals surface area (Å²) in [4.78, 5) is 49.2. The van der Waals surface area contributed by atoms with Gasteiger partial charge in [-0.25, -0.2) is 4.79 Å². The molecule has 7 N–H and O–H groups in total. The highest BCUT2D eigenvalue weighted by Crippen LogP contribution is 2.29. The van der Waals surface area contributed by atoms with Crippen molar-refractivity contribution in [3.05, 3.63) is 35.9 Å². The highest BCUT2D eigenvalue weighted by Gasteiger charge is 2.50. The van der Waals surface area contributed by atoms with Crippen LogP contribution in [0.4, 0.5) is 26.3 Å². The number of hydrogen-bond donors (Lipinski definition) is 6. The number of nitrogens with zero attached hydrogens (tertiary/aromatic N) is 2. The van der Waals surface area contributed by atoms with Crippen LogP contribution in [-0.4, -0.2) is 99.5 Å². The van der Waals surface area contributed by atoms with Gasteiger partial charge >= 0.3 is 24.2 Å². The van der Waals surface area contributed by atoms with Crippen LogP contribution in [0.3, 0.4) is 0 Å². The Labute approximate surface area is 235 Å². The summed E-state index contributed by atoms with van der Waals surface area (Å²) in [6, 6.07) is 7.62. The molecule has 18 heteroatoms. The number of carboxylic acid groups (broad SMARTS) is 1. The molecule has 234 valence electrons. The van der Waals surface area contributed by atoms with Gasteiger partial charge in [0.2, 0.25) is 11.8 Å². The third-order valence-electron chi connectivity index (χ3n) is 6.51. The fourth-order valence-electron chi connectivity index (χ4n) is 4.61. The molecule has 0 bridgehead atoms. The second-order valence-corrected chi connectivity index (χ2v) is 9.64. The van der Waals surface area contributed by atoms with Gasteiger partial charge in [0.05, 0.1) is 12.6 Å². The van der Waals surface area contributed by atoms with E-state index in [9.17, 15) is 45.8 Å². The van der Waals surface area contributed by atoms with E-state index < -0.39 is 60.4 Å². The lowest BCUT2D eigenvalue weighted by molar-refractivity contribution is -0.192. The number of aliphatic hydroxyl groups is 1. The van der Waals surface area contributed by atoms with Crippen LogP contribution in [0.15, 0.2) is 30.3 Å². The van der Waals surface area contributed by atoms with Gasteiger partial charge in [-0.3, -0.25) is 19.8 Å². The smallest absolute Gasteiger partial charge is 0.475 e. The number of hydrogen-bond acceptors (Lipinski definition) is 6. The maximum atomic E-state index is 13.4. The number of carboxylic acids is 1. The molecule has 3 rings (SSSR count). The largest absolute Gasteiger partial charge is 0.490 e. The lowest BCUT2D eigenvalue weighted by Crippen LogP contribution is -2.66. The monoisotopic (exact) mass is 612 g/mol. The zero-order valence-corrected chi connectivity index (χ0v) is 22.0. The minimum atomic E-state index is -5.18. The quantitative estimate of drug-likeness (QED) is 0.154. The summed E-state index contributed by atoms with van der Waals surface area (Å²) in [5.74, 6) is -6.72. The number of amides is 3. The minimum Gasteiger partial charge on any atom is -0.475 e. The van der Waals surface area contributed by atoms with Crippen LogP contribution in [-0.2, 0) is 25.6 Å². The molecular formula is C24H30F6N6O6. The minimum absolute atomic E-state index is 0.0183. The molecule has 1 aromatic carbocycles. The number of carbonyl (C=O) groups is 4. The van der Waals surface area contributed by atoms with Crippen molar-refractivity contribution in [1.82, 2.24) is 20.4 Å². The average molecular weight is 613 g/mol. The van der Waals surface area contributed by atoms with Crippen molar-refractivity contribution < 1.29 is 55.7 Å². The highest BCUT2D eigenvalue weighted by molar-refractivity contribution is 5.95. The first-order chi connectivity index (χ1) is 19.4. The molecule has 2 heterocycles. The third kappa shape index (κ3) is 9.22. The van der Waals surface area contributed by atoms with Crippen LogP contribution >= 0.6 is 0 Å². The summed E-state index contributed by atoms with van der Waals surface area (Å²) in [6.45, 7) is 0.0203. The number of nitrogens with two attached hydrogens (primary N) is 1. The molecule has 2 aliphatic rings. The van der Waals surface area contributed by atoms with Crippen LogP contribution in [0.2, 0.25) is 0 Å². The topological polar surface area (TPSA) is 189 Å². The van der Waals surface area contributed by atoms with E-state index in [1.165, 1.54) is 4.90 Å². The second-order valence-electron chi connectivity index (χ2n) is 9.64. The van der Waals surface area contributed by atoms with Gasteiger partial charge in [-0.05, 0) is 31.2 Å². The number of aliphatic carboxylic acids is 1. The van der Waals surface area contributed by atoms with Crippen molar-refractivity contribution >= 4 is 29.7 Å². The first-order valence-electron chi connectivity index (χ1n) is 12.5. The van der Waals surface area contributed by atoms with Crippen LogP contribution < -0.4 is 16.4 Å². The Kier molecular flexibility index (Phi) is 11.1. The highest BCUT2D eigenvalue weighted by atomic mass is 19.4. The van der Waals surface area contributed by atoms with E-state index in [1.807, 2.05) is 5.32 Å². The summed E-state index contributed by atoms with van der Waals surface area (Å²) in [7, 11) is 0. The molecule has 2 fully saturated rings. The summed E-state index contributed by atoms with van der Waals surface area (Å²) >= 11 is 0. The average Bonchev–Trinajstić information content (AvgIpc) is 2.87. The number of nitrogens with one attached hydrogen (secondary N) is 3. The first kappa shape index (κ1) is 34.1. The van der Waals surface area contributed by atoms with Gasteiger partial charge in [-0.15, -0.1) is 0 Å². The molecule has 2 aliphatic heterocycles. The van der Waals surface area contributed by atoms with Crippen molar-refractivity contribution in [2.24, 2.45) is 5.73 Å². The summed E-state index contributed by atoms with van der Waals surface area (Å²) in [5, 5.41) is 29.6. The van der Waals surface area contributed by atoms with Gasteiger partial charge in [0.15, 0.2) is 5.96 Å². The van der Waals surface area contributed by atoms with E-state index in [0.717, 1.165) is 4.90 Å². The molecule has 1 aromatic rings. The Morgan fingerprint density at radius 3 is 2.17 bits per heavy atom. The number of piperidine rings is 2. The second kappa shape index (κ2) is 13.7. The van der Waals surface area contributed by atoms with E-state index in [1.54, 1.807) is 30.3 Å². The third-order valence-corrected chi connectivity index (χ3v) is 6.51. The Hall–Kier alpha value is -4.09. The molecule has 0 spiro atoms. The van der Waals surface area contributed by atoms with Crippen molar-refractivity contribution in [3.8, 4) is 0 Å². The summed E-state index contributed by atoms with van der Waals surface area (Å²) in [6.07, 6.45) is -10.4. The molecule has 2 saturated heterocycles. The van der Waals surface area contributed by atoms with Crippen LogP contribution in [0, 0.1) is 5.41 Å². The standard InChI is InChI=1S/C22H29F3N6O4.C2HF3O2/c23-22(24,25)18(34)29-21(12-14-6-2-1-3-7-14)9-5-10-30(19(21)35)13-16(32)28-15-8-4-11-31(17(15)33)20(26)27;3-2(4,5)1(6)7/h1-3,6-7,15,17,33H,4-5,8-13H2,(H3,26,27)(H,28,32)(H,29,34);(H,6,7)/t15?,17?,21-;/m1./s1. The van der Waals surface area contributed by atoms with Gasteiger partial charge < -0.3 is 36.4 Å². The molecule has 0 aliphatic carbocycles. The predicted octanol–water partition coefficient (Wildman–Crippen LogP) is 0.695. The molecular weight excluding hydrogens is 582 g/mol. The number of benzene rings is 1. The van der Waals surface area contributed by atoms with Crippen LogP contribution in [0.1, 0.15) is 31.2 Å². The number of alkyl halides is 6. The lowest BCUT2D eigenvalue weighted by Gasteiger charge is -2.42. The summed E-state index contributed by atoms with van der Waals surface area (Å²) in [5.41, 5.74) is 4.15. The zero-order valence-electron chi connectivity index (χ0n) is 22.0. The Balaban J connectivity index is 0.000000782. The van der Waals surface area contributed by atoms with Crippen molar-refractivity contribution in [2.45, 2.75) is 62.3 Å². The lowest BCUT2D eigenvalue weighted by atomic mass is 9.82. The zero-order chi connectivity index (χ0) is 31.9. The van der Waals surface area contributed by atoms with Crippen LogP contribution in [0.25, 0.3) is 0 Å². The van der Waals surface area contributed by atoms with Gasteiger partial charge in [0.1, 0.15) is 11.8 Å². The Morgan fingerprint density at radius 2 is 1.64 bits per heavy atom. The van der Waals surface area contributed by atoms with Gasteiger partial charge in [-0.2, -0.15) is 26.3 Å². The number of rotatable bonds is 6. The van der Waals surface area contributed by atoms with E-state index in [4.69, 9.17) is 21.0 Å². The maximum Gasteiger partial charge on any atom is 0.490 e. The number of likely N-dealkylation sites (tertiary alicyclic amines) is 2. The molecule has 2 unspecified atom stereocenters. The Morgan fingerprint density at radius 1 is 1.05 bits per heavy atom. The van der Waals surface area contributed by atoms with Crippen LogP contribution in [0.5, 0.6) is 0 Å². The van der Waals surface area contributed by atoms with Gasteiger partial charge in [0, 0.05) is 19.5 Å². The van der Waals surface area contributed by atoms with Crippen molar-refractivity contribution in [2.75, 3.05) is 19.6 Å². The number of carbonyl (C=O) groups excluding carboxylic acids is 3. The molecule has 42 heavy (non-hydrogen) atoms. The normalized spacial score (nSPS) is 22.9. The molecule has 3 atom stereocenters. The van der Waals surface area contributed by atoms with Crippen molar-refractivity contribution in [1.29, 1.82) is 5.41 Å². The van der Waals surface area contributed by atoms with E-state index in [0.29, 0.717) is 24.9 Å². The molecule has 0 aromatic heterocycles. The van der Waals surface area contributed by atoms with Gasteiger partial charge in [0.25, 0.3) is 0 Å². The maximum absolute atomic E-state index is 13.4. The fraction of sp³-hybridized carbons (Fsp3) is 0.542. The van der Waals surface area contributed by atoms with Gasteiger partial charge in [-0.1, -0.05) is 30.3 Å². The first-order valence-corrected chi connectivity index (χ1v) is 12.5. The SMILES string of the molecule is N=C(N)N1CCCC(NC(=O)CN2CCC[C@](Cc3ccccc3)(NC(=O)C(F)(F)F)C2=O)C1O.O=C(O)C(F)(F)F.